The molecule has 21 heavy (non-hydrogen) atoms. The summed E-state index contributed by atoms with van der Waals surface area (Å²) in [6.07, 6.45) is 4.13. The molecule has 1 atom stereocenters. The Kier molecular flexibility index (Phi) is 5.57. The SMILES string of the molecule is CCCNC(Cc1ccc(C(C)C)cc1)c1ccn(C)n1. The van der Waals surface area contributed by atoms with Gasteiger partial charge in [0.05, 0.1) is 11.7 Å². The maximum absolute atomic E-state index is 4.56. The molecule has 1 heterocycles. The molecular weight excluding hydrogens is 258 g/mol. The van der Waals surface area contributed by atoms with Crippen molar-refractivity contribution in [3.63, 3.8) is 0 Å². The summed E-state index contributed by atoms with van der Waals surface area (Å²) in [7, 11) is 1.97. The van der Waals surface area contributed by atoms with E-state index in [1.165, 1.54) is 11.1 Å². The van der Waals surface area contributed by atoms with E-state index in [-0.39, 0.29) is 6.04 Å². The van der Waals surface area contributed by atoms with E-state index in [0.29, 0.717) is 5.92 Å². The number of aryl methyl sites for hydroxylation is 1. The second kappa shape index (κ2) is 7.41. The molecule has 0 radical (unpaired) electrons. The minimum atomic E-state index is 0.288. The van der Waals surface area contributed by atoms with Crippen LogP contribution in [0.15, 0.2) is 36.5 Å². The Morgan fingerprint density at radius 2 is 1.86 bits per heavy atom. The van der Waals surface area contributed by atoms with Gasteiger partial charge in [-0.2, -0.15) is 5.10 Å². The third kappa shape index (κ3) is 4.43. The van der Waals surface area contributed by atoms with Crippen LogP contribution in [0.1, 0.15) is 56.0 Å². The molecule has 2 aromatic rings. The lowest BCUT2D eigenvalue weighted by Crippen LogP contribution is -2.24. The molecule has 0 amide bonds. The van der Waals surface area contributed by atoms with Crippen LogP contribution in [0.4, 0.5) is 0 Å². The Hall–Kier alpha value is -1.61. The highest BCUT2D eigenvalue weighted by atomic mass is 15.3. The first-order chi connectivity index (χ1) is 10.1. The number of nitrogens with one attached hydrogen (secondary N) is 1. The average molecular weight is 285 g/mol. The number of aromatic nitrogens is 2. The van der Waals surface area contributed by atoms with E-state index < -0.39 is 0 Å². The van der Waals surface area contributed by atoms with Crippen molar-refractivity contribution in [1.29, 1.82) is 0 Å². The summed E-state index contributed by atoms with van der Waals surface area (Å²) < 4.78 is 1.87. The Morgan fingerprint density at radius 1 is 1.14 bits per heavy atom. The summed E-state index contributed by atoms with van der Waals surface area (Å²) in [4.78, 5) is 0. The van der Waals surface area contributed by atoms with Crippen molar-refractivity contribution >= 4 is 0 Å². The first kappa shape index (κ1) is 15.8. The largest absolute Gasteiger partial charge is 0.308 e. The highest BCUT2D eigenvalue weighted by Crippen LogP contribution is 2.20. The van der Waals surface area contributed by atoms with Crippen molar-refractivity contribution < 1.29 is 0 Å². The van der Waals surface area contributed by atoms with Gasteiger partial charge in [0.15, 0.2) is 0 Å². The zero-order valence-electron chi connectivity index (χ0n) is 13.6. The topological polar surface area (TPSA) is 29.9 Å². The second-order valence-corrected chi connectivity index (χ2v) is 6.02. The molecular formula is C18H27N3. The summed E-state index contributed by atoms with van der Waals surface area (Å²) in [5.74, 6) is 0.587. The maximum Gasteiger partial charge on any atom is 0.0797 e. The zero-order valence-corrected chi connectivity index (χ0v) is 13.6. The van der Waals surface area contributed by atoms with E-state index in [9.17, 15) is 0 Å². The summed E-state index contributed by atoms with van der Waals surface area (Å²) in [5, 5.41) is 8.17. The van der Waals surface area contributed by atoms with Gasteiger partial charge in [0.2, 0.25) is 0 Å². The first-order valence-corrected chi connectivity index (χ1v) is 7.92. The Labute approximate surface area is 128 Å². The van der Waals surface area contributed by atoms with E-state index in [4.69, 9.17) is 0 Å². The molecule has 0 saturated heterocycles. The van der Waals surface area contributed by atoms with E-state index in [1.54, 1.807) is 0 Å². The number of hydrogen-bond donors (Lipinski definition) is 1. The molecule has 0 bridgehead atoms. The normalized spacial score (nSPS) is 12.8. The molecule has 1 aromatic heterocycles. The third-order valence-corrected chi connectivity index (χ3v) is 3.82. The molecule has 1 aromatic carbocycles. The third-order valence-electron chi connectivity index (χ3n) is 3.82. The molecule has 0 aliphatic carbocycles. The number of rotatable bonds is 7. The van der Waals surface area contributed by atoms with Crippen LogP contribution in [0.2, 0.25) is 0 Å². The predicted octanol–water partition coefficient (Wildman–Crippen LogP) is 3.83. The molecule has 2 rings (SSSR count). The van der Waals surface area contributed by atoms with Crippen molar-refractivity contribution in [1.82, 2.24) is 15.1 Å². The van der Waals surface area contributed by atoms with Gasteiger partial charge in [-0.15, -0.1) is 0 Å². The average Bonchev–Trinajstić information content (AvgIpc) is 2.90. The van der Waals surface area contributed by atoms with Crippen LogP contribution in [0.3, 0.4) is 0 Å². The van der Waals surface area contributed by atoms with Gasteiger partial charge in [-0.05, 0) is 42.5 Å². The van der Waals surface area contributed by atoms with Crippen LogP contribution >= 0.6 is 0 Å². The van der Waals surface area contributed by atoms with E-state index in [2.05, 4.69) is 61.5 Å². The van der Waals surface area contributed by atoms with Gasteiger partial charge in [0.25, 0.3) is 0 Å². The van der Waals surface area contributed by atoms with Crippen LogP contribution in [0.5, 0.6) is 0 Å². The predicted molar refractivity (Wildman–Crippen MR) is 88.5 cm³/mol. The lowest BCUT2D eigenvalue weighted by atomic mass is 9.98. The zero-order chi connectivity index (χ0) is 15.2. The van der Waals surface area contributed by atoms with Crippen LogP contribution in [0, 0.1) is 0 Å². The van der Waals surface area contributed by atoms with Crippen LogP contribution in [0.25, 0.3) is 0 Å². The molecule has 1 unspecified atom stereocenters. The Morgan fingerprint density at radius 3 is 2.38 bits per heavy atom. The maximum atomic E-state index is 4.56. The van der Waals surface area contributed by atoms with E-state index in [1.807, 2.05) is 17.9 Å². The van der Waals surface area contributed by atoms with Crippen molar-refractivity contribution in [2.45, 2.75) is 45.6 Å². The fraction of sp³-hybridized carbons (Fsp3) is 0.500. The summed E-state index contributed by atoms with van der Waals surface area (Å²) in [5.41, 5.74) is 3.88. The lowest BCUT2D eigenvalue weighted by molar-refractivity contribution is 0.510. The van der Waals surface area contributed by atoms with Gasteiger partial charge in [-0.1, -0.05) is 45.0 Å². The molecule has 3 nitrogen and oxygen atoms in total. The van der Waals surface area contributed by atoms with Gasteiger partial charge in [0.1, 0.15) is 0 Å². The van der Waals surface area contributed by atoms with Crippen LogP contribution in [-0.2, 0) is 13.5 Å². The molecule has 3 heteroatoms. The fourth-order valence-corrected chi connectivity index (χ4v) is 2.49. The number of hydrogen-bond acceptors (Lipinski definition) is 2. The Bertz CT molecular complexity index is 540. The van der Waals surface area contributed by atoms with Gasteiger partial charge in [0, 0.05) is 13.2 Å². The van der Waals surface area contributed by atoms with Gasteiger partial charge in [-0.3, -0.25) is 4.68 Å². The standard InChI is InChI=1S/C18H27N3/c1-5-11-19-18(17-10-12-21(4)20-17)13-15-6-8-16(9-7-15)14(2)3/h6-10,12,14,18-19H,5,11,13H2,1-4H3. The highest BCUT2D eigenvalue weighted by Gasteiger charge is 2.14. The summed E-state index contributed by atoms with van der Waals surface area (Å²) in [6, 6.07) is 11.4. The minimum absolute atomic E-state index is 0.288. The molecule has 114 valence electrons. The second-order valence-electron chi connectivity index (χ2n) is 6.02. The summed E-state index contributed by atoms with van der Waals surface area (Å²) >= 11 is 0. The fourth-order valence-electron chi connectivity index (χ4n) is 2.49. The first-order valence-electron chi connectivity index (χ1n) is 7.92. The van der Waals surface area contributed by atoms with Gasteiger partial charge < -0.3 is 5.32 Å². The monoisotopic (exact) mass is 285 g/mol. The number of benzene rings is 1. The van der Waals surface area contributed by atoms with E-state index in [0.717, 1.165) is 25.1 Å². The highest BCUT2D eigenvalue weighted by molar-refractivity contribution is 5.26. The van der Waals surface area contributed by atoms with E-state index >= 15 is 0 Å². The van der Waals surface area contributed by atoms with Gasteiger partial charge >= 0.3 is 0 Å². The molecule has 0 spiro atoms. The quantitative estimate of drug-likeness (QED) is 0.838. The van der Waals surface area contributed by atoms with Crippen molar-refractivity contribution in [3.8, 4) is 0 Å². The molecule has 0 saturated carbocycles. The van der Waals surface area contributed by atoms with Gasteiger partial charge in [-0.25, -0.2) is 0 Å². The van der Waals surface area contributed by atoms with Crippen molar-refractivity contribution in [3.05, 3.63) is 53.3 Å². The molecule has 0 aliphatic rings. The molecule has 0 fully saturated rings. The summed E-state index contributed by atoms with van der Waals surface area (Å²) in [6.45, 7) is 7.67. The van der Waals surface area contributed by atoms with Crippen LogP contribution in [-0.4, -0.2) is 16.3 Å². The van der Waals surface area contributed by atoms with Crippen molar-refractivity contribution in [2.75, 3.05) is 6.54 Å². The Balaban J connectivity index is 2.10. The molecule has 1 N–H and O–H groups in total. The van der Waals surface area contributed by atoms with Crippen molar-refractivity contribution in [2.24, 2.45) is 7.05 Å². The molecule has 0 aliphatic heterocycles. The smallest absolute Gasteiger partial charge is 0.0797 e. The van der Waals surface area contributed by atoms with Crippen LogP contribution < -0.4 is 5.32 Å². The lowest BCUT2D eigenvalue weighted by Gasteiger charge is -2.17. The minimum Gasteiger partial charge on any atom is -0.308 e. The number of nitrogens with zero attached hydrogens (tertiary/aromatic N) is 2.